The van der Waals surface area contributed by atoms with E-state index >= 15 is 0 Å². The van der Waals surface area contributed by atoms with Crippen LogP contribution >= 0.6 is 0 Å². The van der Waals surface area contributed by atoms with Crippen molar-refractivity contribution < 1.29 is 9.90 Å². The summed E-state index contributed by atoms with van der Waals surface area (Å²) >= 11 is 0. The zero-order valence-corrected chi connectivity index (χ0v) is 19.6. The van der Waals surface area contributed by atoms with Crippen LogP contribution in [0, 0.1) is 0 Å². The smallest absolute Gasteiger partial charge is 0.219 e. The lowest BCUT2D eigenvalue weighted by atomic mass is 10.2. The van der Waals surface area contributed by atoms with Gasteiger partial charge in [-0.05, 0) is 43.7 Å². The molecule has 0 saturated carbocycles. The Balaban J connectivity index is 0.000000273. The molecule has 0 aliphatic carbocycles. The molecule has 0 radical (unpaired) electrons. The Kier molecular flexibility index (Phi) is 9.77. The highest BCUT2D eigenvalue weighted by atomic mass is 16.3. The second-order valence-corrected chi connectivity index (χ2v) is 7.43. The predicted molar refractivity (Wildman–Crippen MR) is 134 cm³/mol. The number of hydrogen-bond acceptors (Lipinski definition) is 6. The van der Waals surface area contributed by atoms with Crippen LogP contribution in [0.5, 0.6) is 5.75 Å². The summed E-state index contributed by atoms with van der Waals surface area (Å²) in [7, 11) is 1.80. The fraction of sp³-hybridized carbons (Fsp3) is 0.231. The molecule has 7 nitrogen and oxygen atoms in total. The molecule has 3 rings (SSSR count). The molecular formula is C26H31N5O2. The first-order chi connectivity index (χ1) is 15.8. The van der Waals surface area contributed by atoms with Crippen LogP contribution in [-0.2, 0) is 11.3 Å². The third-order valence-corrected chi connectivity index (χ3v) is 4.52. The number of nitrogens with one attached hydrogen (secondary N) is 2. The van der Waals surface area contributed by atoms with E-state index in [1.165, 1.54) is 5.57 Å². The van der Waals surface area contributed by atoms with E-state index < -0.39 is 0 Å². The molecule has 7 heteroatoms. The first-order valence-electron chi connectivity index (χ1n) is 10.7. The number of amides is 1. The van der Waals surface area contributed by atoms with Gasteiger partial charge < -0.3 is 15.7 Å². The van der Waals surface area contributed by atoms with Crippen LogP contribution < -0.4 is 21.2 Å². The van der Waals surface area contributed by atoms with Gasteiger partial charge in [0.05, 0.1) is 10.9 Å². The average molecular weight is 446 g/mol. The van der Waals surface area contributed by atoms with Crippen molar-refractivity contribution in [1.82, 2.24) is 20.3 Å². The van der Waals surface area contributed by atoms with Gasteiger partial charge in [0.25, 0.3) is 0 Å². The van der Waals surface area contributed by atoms with Crippen molar-refractivity contribution in [2.75, 3.05) is 12.4 Å². The SMILES string of the molecule is C=c1nc(-c2ccccc2O)nc(NC)/c1=C/C=C(C)C.CCC(=O)NCc1cccnc1. The number of phenols is 1. The largest absolute Gasteiger partial charge is 0.507 e. The van der Waals surface area contributed by atoms with Crippen LogP contribution in [0.4, 0.5) is 5.82 Å². The third kappa shape index (κ3) is 7.88. The van der Waals surface area contributed by atoms with E-state index in [4.69, 9.17) is 0 Å². The summed E-state index contributed by atoms with van der Waals surface area (Å²) in [6.07, 6.45) is 7.92. The van der Waals surface area contributed by atoms with Gasteiger partial charge in [0.2, 0.25) is 5.91 Å². The molecule has 1 aromatic carbocycles. The second-order valence-electron chi connectivity index (χ2n) is 7.43. The Labute approximate surface area is 194 Å². The van der Waals surface area contributed by atoms with Crippen molar-refractivity contribution in [1.29, 1.82) is 0 Å². The van der Waals surface area contributed by atoms with Crippen LogP contribution in [0.2, 0.25) is 0 Å². The summed E-state index contributed by atoms with van der Waals surface area (Å²) in [5, 5.41) is 17.2. The van der Waals surface area contributed by atoms with Crippen LogP contribution in [0.25, 0.3) is 24.0 Å². The maximum Gasteiger partial charge on any atom is 0.219 e. The number of hydrogen-bond donors (Lipinski definition) is 3. The van der Waals surface area contributed by atoms with E-state index in [9.17, 15) is 9.90 Å². The van der Waals surface area contributed by atoms with E-state index in [-0.39, 0.29) is 11.7 Å². The number of rotatable bonds is 6. The first-order valence-corrected chi connectivity index (χ1v) is 10.7. The van der Waals surface area contributed by atoms with Gasteiger partial charge in [-0.2, -0.15) is 0 Å². The Morgan fingerprint density at radius 2 is 1.91 bits per heavy atom. The Hall–Kier alpha value is -4.00. The molecule has 0 aliphatic rings. The van der Waals surface area contributed by atoms with Crippen molar-refractivity contribution in [3.05, 3.63) is 76.6 Å². The van der Waals surface area contributed by atoms with E-state index in [2.05, 4.69) is 32.2 Å². The molecule has 0 spiro atoms. The van der Waals surface area contributed by atoms with Gasteiger partial charge in [-0.3, -0.25) is 9.78 Å². The van der Waals surface area contributed by atoms with Crippen molar-refractivity contribution in [2.45, 2.75) is 33.7 Å². The molecule has 0 saturated heterocycles. The molecule has 2 aromatic heterocycles. The fourth-order valence-corrected chi connectivity index (χ4v) is 2.74. The zero-order valence-electron chi connectivity index (χ0n) is 19.6. The number of para-hydroxylation sites is 1. The number of phenolic OH excluding ortho intramolecular Hbond substituents is 1. The lowest BCUT2D eigenvalue weighted by molar-refractivity contribution is -0.120. The summed E-state index contributed by atoms with van der Waals surface area (Å²) in [6, 6.07) is 10.8. The number of nitrogens with zero attached hydrogens (tertiary/aromatic N) is 3. The second kappa shape index (κ2) is 12.8. The van der Waals surface area contributed by atoms with E-state index in [0.717, 1.165) is 10.8 Å². The number of anilines is 1. The molecule has 3 aromatic rings. The number of allylic oxidation sites excluding steroid dienone is 2. The molecule has 0 fully saturated rings. The van der Waals surface area contributed by atoms with Crippen LogP contribution in [0.3, 0.4) is 0 Å². The molecule has 33 heavy (non-hydrogen) atoms. The number of aromatic hydroxyl groups is 1. The van der Waals surface area contributed by atoms with Gasteiger partial charge in [-0.1, -0.05) is 43.4 Å². The Morgan fingerprint density at radius 1 is 1.15 bits per heavy atom. The maximum atomic E-state index is 10.9. The summed E-state index contributed by atoms with van der Waals surface area (Å²) in [4.78, 5) is 23.7. The molecule has 0 atom stereocenters. The molecule has 172 valence electrons. The van der Waals surface area contributed by atoms with Crippen molar-refractivity contribution in [2.24, 2.45) is 0 Å². The highest BCUT2D eigenvalue weighted by Crippen LogP contribution is 2.24. The first kappa shape index (κ1) is 25.3. The lowest BCUT2D eigenvalue weighted by Gasteiger charge is -2.06. The van der Waals surface area contributed by atoms with Gasteiger partial charge in [0, 0.05) is 37.6 Å². The number of carbonyl (C=O) groups is 1. The normalized spacial score (nSPS) is 10.6. The van der Waals surface area contributed by atoms with Crippen LogP contribution in [0.1, 0.15) is 32.8 Å². The maximum absolute atomic E-state index is 10.9. The van der Waals surface area contributed by atoms with E-state index in [1.54, 1.807) is 37.6 Å². The lowest BCUT2D eigenvalue weighted by Crippen LogP contribution is -2.31. The molecule has 0 unspecified atom stereocenters. The summed E-state index contributed by atoms with van der Waals surface area (Å²) in [6.45, 7) is 10.4. The monoisotopic (exact) mass is 445 g/mol. The van der Waals surface area contributed by atoms with Crippen LogP contribution in [0.15, 0.2) is 60.4 Å². The zero-order chi connectivity index (χ0) is 24.2. The van der Waals surface area contributed by atoms with Gasteiger partial charge in [0.15, 0.2) is 5.82 Å². The number of carbonyl (C=O) groups excluding carboxylic acids is 1. The summed E-state index contributed by atoms with van der Waals surface area (Å²) in [5.74, 6) is 1.36. The standard InChI is InChI=1S/C17H19N3O.C9H12N2O/c1-11(2)9-10-13-12(3)19-17(20-16(13)18-4)14-7-5-6-8-15(14)21;1-2-9(12)11-7-8-4-3-5-10-6-8/h5-10,21H,3H2,1-2,4H3,(H,18,19,20);3-6H,2,7H2,1H3,(H,11,12)/b13-10+;. The minimum absolute atomic E-state index is 0.0684. The quantitative estimate of drug-likeness (QED) is 0.539. The molecular weight excluding hydrogens is 414 g/mol. The Morgan fingerprint density at radius 3 is 2.52 bits per heavy atom. The molecule has 0 aliphatic heterocycles. The summed E-state index contributed by atoms with van der Waals surface area (Å²) in [5.41, 5.74) is 2.80. The van der Waals surface area contributed by atoms with E-state index in [0.29, 0.717) is 35.5 Å². The minimum atomic E-state index is 0.0684. The minimum Gasteiger partial charge on any atom is -0.507 e. The Bertz CT molecular complexity index is 1200. The van der Waals surface area contributed by atoms with Gasteiger partial charge in [0.1, 0.15) is 11.6 Å². The van der Waals surface area contributed by atoms with Crippen LogP contribution in [-0.4, -0.2) is 33.0 Å². The highest BCUT2D eigenvalue weighted by Gasteiger charge is 2.08. The summed E-state index contributed by atoms with van der Waals surface area (Å²) < 4.78 is 0. The molecule has 2 heterocycles. The van der Waals surface area contributed by atoms with Gasteiger partial charge in [-0.15, -0.1) is 0 Å². The number of benzene rings is 1. The topological polar surface area (TPSA) is 100 Å². The van der Waals surface area contributed by atoms with Crippen molar-refractivity contribution in [3.63, 3.8) is 0 Å². The third-order valence-electron chi connectivity index (χ3n) is 4.52. The molecule has 1 amide bonds. The van der Waals surface area contributed by atoms with Crippen molar-refractivity contribution in [3.8, 4) is 17.1 Å². The molecule has 0 bridgehead atoms. The van der Waals surface area contributed by atoms with Crippen molar-refractivity contribution >= 4 is 24.4 Å². The number of aromatic nitrogens is 3. The van der Waals surface area contributed by atoms with E-state index in [1.807, 2.05) is 51.1 Å². The fourth-order valence-electron chi connectivity index (χ4n) is 2.74. The predicted octanol–water partition coefficient (Wildman–Crippen LogP) is 3.16. The highest BCUT2D eigenvalue weighted by molar-refractivity contribution is 5.75. The molecule has 3 N–H and O–H groups in total. The average Bonchev–Trinajstić information content (AvgIpc) is 2.82. The number of pyridine rings is 1. The van der Waals surface area contributed by atoms with Gasteiger partial charge >= 0.3 is 0 Å². The van der Waals surface area contributed by atoms with Gasteiger partial charge in [-0.25, -0.2) is 9.97 Å².